The minimum Gasteiger partial charge on any atom is -0.480 e. The molecule has 0 aromatic heterocycles. The first-order chi connectivity index (χ1) is 7.07. The number of hydrogen-bond acceptors (Lipinski definition) is 3. The molecule has 15 heavy (non-hydrogen) atoms. The lowest BCUT2D eigenvalue weighted by Crippen LogP contribution is -2.70. The van der Waals surface area contributed by atoms with Crippen LogP contribution in [0, 0.1) is 5.41 Å². The van der Waals surface area contributed by atoms with E-state index in [9.17, 15) is 9.59 Å². The summed E-state index contributed by atoms with van der Waals surface area (Å²) in [5.74, 6) is -1.04. The molecule has 2 rings (SSSR count). The third kappa shape index (κ3) is 1.51. The normalized spacial score (nSPS) is 28.6. The van der Waals surface area contributed by atoms with E-state index >= 15 is 0 Å². The summed E-state index contributed by atoms with van der Waals surface area (Å²) >= 11 is 0. The van der Waals surface area contributed by atoms with Crippen molar-refractivity contribution in [3.63, 3.8) is 0 Å². The van der Waals surface area contributed by atoms with Crippen LogP contribution in [0.25, 0.3) is 0 Å². The fourth-order valence-electron chi connectivity index (χ4n) is 2.63. The van der Waals surface area contributed by atoms with Crippen LogP contribution in [0.4, 0.5) is 0 Å². The van der Waals surface area contributed by atoms with Gasteiger partial charge in [-0.15, -0.1) is 0 Å². The number of carboxylic acids is 1. The number of likely N-dealkylation sites (tertiary alicyclic amines) is 1. The molecule has 84 valence electrons. The Morgan fingerprint density at radius 1 is 1.40 bits per heavy atom. The topological polar surface area (TPSA) is 66.8 Å². The first kappa shape index (κ1) is 10.4. The van der Waals surface area contributed by atoms with Crippen molar-refractivity contribution in [2.24, 2.45) is 5.41 Å². The van der Waals surface area contributed by atoms with E-state index in [1.54, 1.807) is 0 Å². The Morgan fingerprint density at radius 2 is 2.00 bits per heavy atom. The van der Waals surface area contributed by atoms with Crippen molar-refractivity contribution < 1.29 is 19.4 Å². The Hall–Kier alpha value is -1.10. The average Bonchev–Trinajstić information content (AvgIpc) is 2.14. The van der Waals surface area contributed by atoms with Crippen LogP contribution in [0.15, 0.2) is 0 Å². The van der Waals surface area contributed by atoms with E-state index in [2.05, 4.69) is 0 Å². The highest BCUT2D eigenvalue weighted by molar-refractivity contribution is 5.85. The Bertz CT molecular complexity index is 296. The van der Waals surface area contributed by atoms with Crippen molar-refractivity contribution in [3.8, 4) is 0 Å². The number of nitrogens with zero attached hydrogens (tertiary/aromatic N) is 1. The minimum absolute atomic E-state index is 0.153. The van der Waals surface area contributed by atoms with Crippen LogP contribution in [-0.4, -0.2) is 47.7 Å². The summed E-state index contributed by atoms with van der Waals surface area (Å²) in [5.41, 5.74) is -0.226. The van der Waals surface area contributed by atoms with Crippen LogP contribution < -0.4 is 0 Å². The summed E-state index contributed by atoms with van der Waals surface area (Å²) in [6.45, 7) is 3.20. The quantitative estimate of drug-likeness (QED) is 0.670. The van der Waals surface area contributed by atoms with Gasteiger partial charge < -0.3 is 14.7 Å². The van der Waals surface area contributed by atoms with E-state index < -0.39 is 12.0 Å². The van der Waals surface area contributed by atoms with Gasteiger partial charge in [0.25, 0.3) is 0 Å². The monoisotopic (exact) mass is 213 g/mol. The minimum atomic E-state index is -0.890. The smallest absolute Gasteiger partial charge is 0.327 e. The lowest BCUT2D eigenvalue weighted by molar-refractivity contribution is -0.184. The first-order valence-corrected chi connectivity index (χ1v) is 5.15. The van der Waals surface area contributed by atoms with E-state index in [1.165, 1.54) is 11.8 Å². The molecule has 2 aliphatic rings. The summed E-state index contributed by atoms with van der Waals surface area (Å²) in [6, 6.07) is -0.640. The Morgan fingerprint density at radius 3 is 2.47 bits per heavy atom. The molecule has 0 saturated carbocycles. The van der Waals surface area contributed by atoms with Crippen LogP contribution in [0.5, 0.6) is 0 Å². The number of carbonyl (C=O) groups is 2. The van der Waals surface area contributed by atoms with E-state index in [-0.39, 0.29) is 11.3 Å². The highest BCUT2D eigenvalue weighted by Crippen LogP contribution is 2.45. The second-order valence-corrected chi connectivity index (χ2v) is 4.36. The molecule has 1 unspecified atom stereocenters. The number of hydrogen-bond donors (Lipinski definition) is 1. The van der Waals surface area contributed by atoms with Gasteiger partial charge in [-0.25, -0.2) is 4.79 Å². The third-order valence-corrected chi connectivity index (χ3v) is 3.50. The van der Waals surface area contributed by atoms with Crippen molar-refractivity contribution in [2.75, 3.05) is 19.8 Å². The molecule has 0 aliphatic carbocycles. The lowest BCUT2D eigenvalue weighted by atomic mass is 9.66. The maximum absolute atomic E-state index is 11.2. The van der Waals surface area contributed by atoms with Gasteiger partial charge in [0.1, 0.15) is 6.04 Å². The molecule has 2 fully saturated rings. The van der Waals surface area contributed by atoms with E-state index in [0.29, 0.717) is 19.8 Å². The molecule has 1 atom stereocenters. The molecule has 5 nitrogen and oxygen atoms in total. The van der Waals surface area contributed by atoms with E-state index in [0.717, 1.165) is 12.8 Å². The molecule has 2 heterocycles. The molecule has 0 radical (unpaired) electrons. The standard InChI is InChI=1S/C10H15NO4/c1-7(12)11-6-10(8(11)9(13)14)2-4-15-5-3-10/h8H,2-6H2,1H3,(H,13,14). The highest BCUT2D eigenvalue weighted by atomic mass is 16.5. The fourth-order valence-corrected chi connectivity index (χ4v) is 2.63. The molecule has 2 aliphatic heterocycles. The summed E-state index contributed by atoms with van der Waals surface area (Å²) < 4.78 is 5.23. The number of rotatable bonds is 1. The van der Waals surface area contributed by atoms with Crippen molar-refractivity contribution in [3.05, 3.63) is 0 Å². The van der Waals surface area contributed by atoms with Crippen molar-refractivity contribution in [2.45, 2.75) is 25.8 Å². The van der Waals surface area contributed by atoms with Crippen LogP contribution in [0.1, 0.15) is 19.8 Å². The molecular weight excluding hydrogens is 198 g/mol. The van der Waals surface area contributed by atoms with Crippen LogP contribution >= 0.6 is 0 Å². The molecule has 5 heteroatoms. The molecule has 1 amide bonds. The predicted octanol–water partition coefficient (Wildman–Crippen LogP) is 0.0985. The fraction of sp³-hybridized carbons (Fsp3) is 0.800. The number of carbonyl (C=O) groups excluding carboxylic acids is 1. The van der Waals surface area contributed by atoms with Gasteiger partial charge in [0.05, 0.1) is 0 Å². The summed E-state index contributed by atoms with van der Waals surface area (Å²) in [6.07, 6.45) is 1.49. The van der Waals surface area contributed by atoms with Gasteiger partial charge in [-0.05, 0) is 12.8 Å². The van der Waals surface area contributed by atoms with Gasteiger partial charge in [-0.1, -0.05) is 0 Å². The van der Waals surface area contributed by atoms with Crippen molar-refractivity contribution in [1.29, 1.82) is 0 Å². The summed E-state index contributed by atoms with van der Waals surface area (Å²) in [4.78, 5) is 23.8. The lowest BCUT2D eigenvalue weighted by Gasteiger charge is -2.56. The Balaban J connectivity index is 2.15. The zero-order valence-electron chi connectivity index (χ0n) is 8.73. The van der Waals surface area contributed by atoms with Gasteiger partial charge in [-0.3, -0.25) is 4.79 Å². The van der Waals surface area contributed by atoms with E-state index in [4.69, 9.17) is 9.84 Å². The van der Waals surface area contributed by atoms with Gasteiger partial charge in [0, 0.05) is 32.1 Å². The Labute approximate surface area is 88.0 Å². The van der Waals surface area contributed by atoms with E-state index in [1.807, 2.05) is 0 Å². The second kappa shape index (κ2) is 3.48. The van der Waals surface area contributed by atoms with Crippen LogP contribution in [-0.2, 0) is 14.3 Å². The number of ether oxygens (including phenoxy) is 1. The SMILES string of the molecule is CC(=O)N1CC2(CCOCC2)C1C(=O)O. The van der Waals surface area contributed by atoms with Gasteiger partial charge in [0.15, 0.2) is 0 Å². The molecule has 0 bridgehead atoms. The third-order valence-electron chi connectivity index (χ3n) is 3.50. The van der Waals surface area contributed by atoms with Crippen molar-refractivity contribution >= 4 is 11.9 Å². The zero-order chi connectivity index (χ0) is 11.1. The average molecular weight is 213 g/mol. The van der Waals surface area contributed by atoms with Gasteiger partial charge >= 0.3 is 5.97 Å². The maximum Gasteiger partial charge on any atom is 0.327 e. The summed E-state index contributed by atoms with van der Waals surface area (Å²) in [7, 11) is 0. The second-order valence-electron chi connectivity index (χ2n) is 4.36. The molecule has 0 aromatic rings. The van der Waals surface area contributed by atoms with Gasteiger partial charge in [0.2, 0.25) is 5.91 Å². The predicted molar refractivity (Wildman–Crippen MR) is 51.3 cm³/mol. The molecule has 1 N–H and O–H groups in total. The first-order valence-electron chi connectivity index (χ1n) is 5.15. The van der Waals surface area contributed by atoms with Gasteiger partial charge in [-0.2, -0.15) is 0 Å². The van der Waals surface area contributed by atoms with Crippen molar-refractivity contribution in [1.82, 2.24) is 4.90 Å². The zero-order valence-corrected chi connectivity index (χ0v) is 8.73. The number of carboxylic acid groups (broad SMARTS) is 1. The number of aliphatic carboxylic acids is 1. The molecular formula is C10H15NO4. The molecule has 1 spiro atoms. The van der Waals surface area contributed by atoms with Crippen LogP contribution in [0.3, 0.4) is 0 Å². The number of amides is 1. The molecule has 0 aromatic carbocycles. The summed E-state index contributed by atoms with van der Waals surface area (Å²) in [5, 5.41) is 9.14. The van der Waals surface area contributed by atoms with Crippen LogP contribution in [0.2, 0.25) is 0 Å². The maximum atomic E-state index is 11.2. The largest absolute Gasteiger partial charge is 0.480 e. The highest BCUT2D eigenvalue weighted by Gasteiger charge is 2.57. The Kier molecular flexibility index (Phi) is 2.42. The molecule has 2 saturated heterocycles.